The number of hydrogen-bond donors (Lipinski definition) is 1. The lowest BCUT2D eigenvalue weighted by Gasteiger charge is -2.13. The van der Waals surface area contributed by atoms with E-state index >= 15 is 0 Å². The number of nitrogens with one attached hydrogen (secondary N) is 1. The lowest BCUT2D eigenvalue weighted by molar-refractivity contribution is 0.587. The Morgan fingerprint density at radius 3 is 2.65 bits per heavy atom. The lowest BCUT2D eigenvalue weighted by atomic mass is 10.1. The summed E-state index contributed by atoms with van der Waals surface area (Å²) in [6, 6.07) is 12.1. The molecule has 20 heavy (non-hydrogen) atoms. The molecule has 0 aliphatic carbocycles. The molecule has 0 aliphatic heterocycles. The van der Waals surface area contributed by atoms with E-state index in [9.17, 15) is 5.26 Å². The van der Waals surface area contributed by atoms with Crippen molar-refractivity contribution in [3.63, 3.8) is 0 Å². The van der Waals surface area contributed by atoms with Gasteiger partial charge in [0.15, 0.2) is 11.4 Å². The van der Waals surface area contributed by atoms with E-state index in [2.05, 4.69) is 24.1 Å². The van der Waals surface area contributed by atoms with Crippen LogP contribution in [0.15, 0.2) is 30.6 Å². The largest absolute Gasteiger partial charge is 0.310 e. The van der Waals surface area contributed by atoms with Crippen LogP contribution in [0.4, 0.5) is 0 Å². The van der Waals surface area contributed by atoms with Crippen LogP contribution in [0, 0.1) is 22.7 Å². The van der Waals surface area contributed by atoms with Crippen LogP contribution in [-0.2, 0) is 6.54 Å². The molecule has 0 atom stereocenters. The van der Waals surface area contributed by atoms with Gasteiger partial charge in [0.05, 0.1) is 5.69 Å². The molecule has 1 heterocycles. The Hall–Kier alpha value is -2.63. The van der Waals surface area contributed by atoms with Crippen LogP contribution in [0.2, 0.25) is 0 Å². The highest BCUT2D eigenvalue weighted by molar-refractivity contribution is 5.48. The third-order valence-corrected chi connectivity index (χ3v) is 2.93. The fraction of sp³-hybridized carbons (Fsp3) is 0.267. The average Bonchev–Trinajstić information content (AvgIpc) is 2.88. The Bertz CT molecular complexity index is 685. The van der Waals surface area contributed by atoms with Gasteiger partial charge >= 0.3 is 0 Å². The van der Waals surface area contributed by atoms with E-state index in [0.717, 1.165) is 11.3 Å². The molecule has 0 amide bonds. The van der Waals surface area contributed by atoms with Crippen molar-refractivity contribution in [2.45, 2.75) is 26.4 Å². The summed E-state index contributed by atoms with van der Waals surface area (Å²) in [4.78, 5) is 3.98. The van der Waals surface area contributed by atoms with Gasteiger partial charge in [-0.15, -0.1) is 0 Å². The predicted molar refractivity (Wildman–Crippen MR) is 75.0 cm³/mol. The summed E-state index contributed by atoms with van der Waals surface area (Å²) in [5.41, 5.74) is 2.34. The van der Waals surface area contributed by atoms with Crippen LogP contribution < -0.4 is 5.32 Å². The molecule has 1 N–H and O–H groups in total. The minimum atomic E-state index is 0.152. The minimum Gasteiger partial charge on any atom is -0.310 e. The van der Waals surface area contributed by atoms with Crippen molar-refractivity contribution in [3.05, 3.63) is 47.5 Å². The molecule has 0 aliphatic rings. The second kappa shape index (κ2) is 6.01. The molecule has 0 spiro atoms. The van der Waals surface area contributed by atoms with Gasteiger partial charge < -0.3 is 5.32 Å². The Morgan fingerprint density at radius 1 is 1.25 bits per heavy atom. The van der Waals surface area contributed by atoms with Crippen LogP contribution in [0.25, 0.3) is 5.69 Å². The molecular formula is C15H15N5. The maximum absolute atomic E-state index is 9.21. The third-order valence-electron chi connectivity index (χ3n) is 2.93. The third kappa shape index (κ3) is 2.69. The number of benzene rings is 1. The summed E-state index contributed by atoms with van der Waals surface area (Å²) >= 11 is 0. The zero-order chi connectivity index (χ0) is 14.5. The molecule has 0 fully saturated rings. The summed E-state index contributed by atoms with van der Waals surface area (Å²) in [7, 11) is 0. The summed E-state index contributed by atoms with van der Waals surface area (Å²) in [5.74, 6) is 0. The van der Waals surface area contributed by atoms with E-state index in [4.69, 9.17) is 5.26 Å². The molecule has 2 rings (SSSR count). The molecular weight excluding hydrogens is 250 g/mol. The zero-order valence-corrected chi connectivity index (χ0v) is 11.5. The fourth-order valence-electron chi connectivity index (χ4n) is 1.93. The van der Waals surface area contributed by atoms with Gasteiger partial charge in [-0.25, -0.2) is 4.98 Å². The van der Waals surface area contributed by atoms with E-state index in [1.54, 1.807) is 4.57 Å². The van der Waals surface area contributed by atoms with Crippen molar-refractivity contribution in [2.75, 3.05) is 0 Å². The van der Waals surface area contributed by atoms with Crippen molar-refractivity contribution in [1.29, 1.82) is 10.5 Å². The van der Waals surface area contributed by atoms with E-state index in [0.29, 0.717) is 12.6 Å². The molecule has 0 saturated carbocycles. The van der Waals surface area contributed by atoms with Crippen LogP contribution in [0.1, 0.15) is 30.8 Å². The van der Waals surface area contributed by atoms with E-state index in [1.165, 1.54) is 6.33 Å². The SMILES string of the molecule is CC(C)NCc1ccccc1-n1cnc(C#N)c1C#N. The summed E-state index contributed by atoms with van der Waals surface area (Å²) in [6.45, 7) is 4.85. The van der Waals surface area contributed by atoms with Crippen LogP contribution >= 0.6 is 0 Å². The van der Waals surface area contributed by atoms with Gasteiger partial charge in [-0.1, -0.05) is 32.0 Å². The fourth-order valence-corrected chi connectivity index (χ4v) is 1.93. The van der Waals surface area contributed by atoms with Crippen molar-refractivity contribution >= 4 is 0 Å². The van der Waals surface area contributed by atoms with Crippen molar-refractivity contribution in [1.82, 2.24) is 14.9 Å². The Balaban J connectivity index is 2.46. The first-order valence-corrected chi connectivity index (χ1v) is 6.36. The highest BCUT2D eigenvalue weighted by atomic mass is 15.1. The minimum absolute atomic E-state index is 0.152. The highest BCUT2D eigenvalue weighted by Crippen LogP contribution is 2.18. The van der Waals surface area contributed by atoms with Crippen LogP contribution in [-0.4, -0.2) is 15.6 Å². The number of hydrogen-bond acceptors (Lipinski definition) is 4. The Labute approximate surface area is 118 Å². The van der Waals surface area contributed by atoms with Gasteiger partial charge in [-0.05, 0) is 11.6 Å². The smallest absolute Gasteiger partial charge is 0.177 e. The molecule has 2 aromatic rings. The molecule has 0 saturated heterocycles. The zero-order valence-electron chi connectivity index (χ0n) is 11.5. The van der Waals surface area contributed by atoms with E-state index < -0.39 is 0 Å². The van der Waals surface area contributed by atoms with E-state index in [1.807, 2.05) is 36.4 Å². The van der Waals surface area contributed by atoms with Crippen molar-refractivity contribution in [2.24, 2.45) is 0 Å². The second-order valence-electron chi connectivity index (χ2n) is 4.70. The number of imidazole rings is 1. The first kappa shape index (κ1) is 13.8. The van der Waals surface area contributed by atoms with Crippen LogP contribution in [0.3, 0.4) is 0 Å². The van der Waals surface area contributed by atoms with Crippen molar-refractivity contribution in [3.8, 4) is 17.8 Å². The first-order chi connectivity index (χ1) is 9.67. The molecule has 5 nitrogen and oxygen atoms in total. The van der Waals surface area contributed by atoms with Gasteiger partial charge in [0, 0.05) is 12.6 Å². The summed E-state index contributed by atoms with van der Waals surface area (Å²) in [6.07, 6.45) is 1.52. The van der Waals surface area contributed by atoms with E-state index in [-0.39, 0.29) is 11.4 Å². The quantitative estimate of drug-likeness (QED) is 0.918. The number of aromatic nitrogens is 2. The molecule has 0 unspecified atom stereocenters. The number of para-hydroxylation sites is 1. The maximum Gasteiger partial charge on any atom is 0.177 e. The average molecular weight is 265 g/mol. The van der Waals surface area contributed by atoms with Crippen LogP contribution in [0.5, 0.6) is 0 Å². The summed E-state index contributed by atoms with van der Waals surface area (Å²) in [5, 5.41) is 21.5. The summed E-state index contributed by atoms with van der Waals surface area (Å²) < 4.78 is 1.66. The molecule has 5 heteroatoms. The van der Waals surface area contributed by atoms with Gasteiger partial charge in [0.2, 0.25) is 0 Å². The molecule has 1 aromatic carbocycles. The molecule has 0 radical (unpaired) electrons. The molecule has 100 valence electrons. The first-order valence-electron chi connectivity index (χ1n) is 6.36. The maximum atomic E-state index is 9.21. The topological polar surface area (TPSA) is 77.4 Å². The normalized spacial score (nSPS) is 10.2. The van der Waals surface area contributed by atoms with Gasteiger partial charge in [-0.2, -0.15) is 10.5 Å². The number of rotatable bonds is 4. The van der Waals surface area contributed by atoms with Gasteiger partial charge in [0.25, 0.3) is 0 Å². The van der Waals surface area contributed by atoms with Gasteiger partial charge in [0.1, 0.15) is 18.5 Å². The number of nitriles is 2. The Morgan fingerprint density at radius 2 is 2.00 bits per heavy atom. The predicted octanol–water partition coefficient (Wildman–Crippen LogP) is 2.11. The Kier molecular flexibility index (Phi) is 4.14. The van der Waals surface area contributed by atoms with Gasteiger partial charge in [-0.3, -0.25) is 4.57 Å². The molecule has 1 aromatic heterocycles. The second-order valence-corrected chi connectivity index (χ2v) is 4.70. The monoisotopic (exact) mass is 265 g/mol. The lowest BCUT2D eigenvalue weighted by Crippen LogP contribution is -2.22. The highest BCUT2D eigenvalue weighted by Gasteiger charge is 2.13. The standard InChI is InChI=1S/C15H15N5/c1-11(2)18-9-12-5-3-4-6-14(12)20-10-19-13(7-16)15(20)8-17/h3-6,10-11,18H,9H2,1-2H3. The molecule has 0 bridgehead atoms. The van der Waals surface area contributed by atoms with Crippen molar-refractivity contribution < 1.29 is 0 Å². The number of nitrogens with zero attached hydrogens (tertiary/aromatic N) is 4.